The lowest BCUT2D eigenvalue weighted by atomic mass is 10.1. The van der Waals surface area contributed by atoms with E-state index in [9.17, 15) is 14.9 Å². The monoisotopic (exact) mass is 323 g/mol. The van der Waals surface area contributed by atoms with Crippen LogP contribution < -0.4 is 10.9 Å². The molecule has 1 aromatic heterocycles. The summed E-state index contributed by atoms with van der Waals surface area (Å²) < 4.78 is 0. The number of rotatable bonds is 5. The molecule has 0 aliphatic heterocycles. The zero-order valence-electron chi connectivity index (χ0n) is 12.5. The Morgan fingerprint density at radius 3 is 2.38 bits per heavy atom. The number of hydrogen-bond acceptors (Lipinski definition) is 6. The quantitative estimate of drug-likeness (QED) is 0.550. The molecule has 0 unspecified atom stereocenters. The first-order valence-corrected chi connectivity index (χ1v) is 7.13. The van der Waals surface area contributed by atoms with E-state index >= 15 is 0 Å². The van der Waals surface area contributed by atoms with Crippen molar-refractivity contribution in [3.05, 3.63) is 86.3 Å². The van der Waals surface area contributed by atoms with E-state index in [0.717, 1.165) is 5.56 Å². The third-order valence-electron chi connectivity index (χ3n) is 3.32. The minimum Gasteiger partial charge on any atom is -0.324 e. The number of nitrogens with zero attached hydrogens (tertiary/aromatic N) is 3. The summed E-state index contributed by atoms with van der Waals surface area (Å²) in [6.45, 7) is 0. The predicted octanol–water partition coefficient (Wildman–Crippen LogP) is 2.41. The minimum atomic E-state index is -0.482. The van der Waals surface area contributed by atoms with Crippen molar-refractivity contribution in [3.63, 3.8) is 0 Å². The average molecular weight is 323 g/mol. The molecular formula is C16H13N5O3. The number of anilines is 2. The van der Waals surface area contributed by atoms with E-state index in [1.807, 2.05) is 30.3 Å². The highest BCUT2D eigenvalue weighted by Crippen LogP contribution is 2.17. The molecule has 0 saturated carbocycles. The van der Waals surface area contributed by atoms with Crippen LogP contribution in [-0.2, 0) is 6.42 Å². The molecule has 8 nitrogen and oxygen atoms in total. The van der Waals surface area contributed by atoms with E-state index in [0.29, 0.717) is 17.8 Å². The van der Waals surface area contributed by atoms with E-state index in [4.69, 9.17) is 0 Å². The summed E-state index contributed by atoms with van der Waals surface area (Å²) in [5, 5.41) is 21.4. The van der Waals surface area contributed by atoms with Crippen LogP contribution in [0.3, 0.4) is 0 Å². The zero-order chi connectivity index (χ0) is 16.9. The summed E-state index contributed by atoms with van der Waals surface area (Å²) in [6.07, 6.45) is 0.390. The fourth-order valence-electron chi connectivity index (χ4n) is 2.12. The topological polar surface area (TPSA) is 114 Å². The Morgan fingerprint density at radius 1 is 1.04 bits per heavy atom. The van der Waals surface area contributed by atoms with Crippen molar-refractivity contribution in [2.45, 2.75) is 6.42 Å². The Morgan fingerprint density at radius 2 is 1.75 bits per heavy atom. The molecule has 3 rings (SSSR count). The fraction of sp³-hybridized carbons (Fsp3) is 0.0625. The van der Waals surface area contributed by atoms with Gasteiger partial charge in [0.25, 0.3) is 11.2 Å². The summed E-state index contributed by atoms with van der Waals surface area (Å²) in [6, 6.07) is 15.3. The van der Waals surface area contributed by atoms with Crippen LogP contribution in [0.15, 0.2) is 59.4 Å². The number of nitro groups is 1. The summed E-state index contributed by atoms with van der Waals surface area (Å²) in [7, 11) is 0. The van der Waals surface area contributed by atoms with E-state index < -0.39 is 4.92 Å². The molecule has 3 aromatic rings. The highest BCUT2D eigenvalue weighted by atomic mass is 16.6. The van der Waals surface area contributed by atoms with Crippen molar-refractivity contribution in [1.82, 2.24) is 15.2 Å². The summed E-state index contributed by atoms with van der Waals surface area (Å²) >= 11 is 0. The molecule has 0 spiro atoms. The molecule has 24 heavy (non-hydrogen) atoms. The maximum Gasteiger partial charge on any atom is 0.274 e. The van der Waals surface area contributed by atoms with Gasteiger partial charge in [-0.15, -0.1) is 10.2 Å². The number of hydrogen-bond donors (Lipinski definition) is 2. The second kappa shape index (κ2) is 6.69. The Balaban J connectivity index is 1.75. The van der Waals surface area contributed by atoms with Crippen molar-refractivity contribution >= 4 is 17.3 Å². The molecule has 8 heteroatoms. The number of aromatic nitrogens is 3. The lowest BCUT2D eigenvalue weighted by Gasteiger charge is -2.05. The van der Waals surface area contributed by atoms with Gasteiger partial charge in [0.1, 0.15) is 5.69 Å². The standard InChI is InChI=1S/C16H13N5O3/c22-15-14(10-11-4-2-1-3-5-11)19-20-16(18-15)17-12-6-8-13(9-7-12)21(23)24/h1-9H,10H2,(H2,17,18,20,22). The molecular weight excluding hydrogens is 310 g/mol. The second-order valence-corrected chi connectivity index (χ2v) is 5.04. The van der Waals surface area contributed by atoms with Gasteiger partial charge in [0, 0.05) is 24.2 Å². The maximum atomic E-state index is 12.1. The smallest absolute Gasteiger partial charge is 0.274 e. The lowest BCUT2D eigenvalue weighted by molar-refractivity contribution is -0.384. The first-order valence-electron chi connectivity index (χ1n) is 7.13. The summed E-state index contributed by atoms with van der Waals surface area (Å²) in [5.74, 6) is 0.172. The van der Waals surface area contributed by atoms with Crippen LogP contribution in [0.1, 0.15) is 11.3 Å². The average Bonchev–Trinajstić information content (AvgIpc) is 2.59. The Kier molecular flexibility index (Phi) is 4.28. The molecule has 0 aliphatic rings. The second-order valence-electron chi connectivity index (χ2n) is 5.04. The SMILES string of the molecule is O=c1[nH]c(Nc2ccc([N+](=O)[O-])cc2)nnc1Cc1ccccc1. The Bertz CT molecular complexity index is 907. The van der Waals surface area contributed by atoms with Crippen molar-refractivity contribution in [2.24, 2.45) is 0 Å². The lowest BCUT2D eigenvalue weighted by Crippen LogP contribution is -2.18. The summed E-state index contributed by atoms with van der Waals surface area (Å²) in [4.78, 5) is 24.8. The van der Waals surface area contributed by atoms with Crippen molar-refractivity contribution < 1.29 is 4.92 Å². The molecule has 0 aliphatic carbocycles. The van der Waals surface area contributed by atoms with E-state index in [1.165, 1.54) is 24.3 Å². The van der Waals surface area contributed by atoms with Gasteiger partial charge in [0.2, 0.25) is 5.95 Å². The van der Waals surface area contributed by atoms with Crippen LogP contribution >= 0.6 is 0 Å². The predicted molar refractivity (Wildman–Crippen MR) is 88.3 cm³/mol. The number of benzene rings is 2. The third kappa shape index (κ3) is 3.61. The largest absolute Gasteiger partial charge is 0.324 e. The number of non-ortho nitro benzene ring substituents is 1. The molecule has 120 valence electrons. The van der Waals surface area contributed by atoms with Crippen LogP contribution in [0.5, 0.6) is 0 Å². The van der Waals surface area contributed by atoms with Gasteiger partial charge in [0.15, 0.2) is 0 Å². The molecule has 0 bridgehead atoms. The highest BCUT2D eigenvalue weighted by molar-refractivity contribution is 5.55. The van der Waals surface area contributed by atoms with Crippen molar-refractivity contribution in [1.29, 1.82) is 0 Å². The van der Waals surface area contributed by atoms with Gasteiger partial charge in [-0.05, 0) is 17.7 Å². The van der Waals surface area contributed by atoms with Gasteiger partial charge in [-0.25, -0.2) is 0 Å². The Hall–Kier alpha value is -3.55. The fourth-order valence-corrected chi connectivity index (χ4v) is 2.12. The van der Waals surface area contributed by atoms with Crippen molar-refractivity contribution in [3.8, 4) is 0 Å². The molecule has 0 atom stereocenters. The van der Waals surface area contributed by atoms with Crippen LogP contribution in [-0.4, -0.2) is 20.1 Å². The van der Waals surface area contributed by atoms with Crippen LogP contribution in [0.2, 0.25) is 0 Å². The zero-order valence-corrected chi connectivity index (χ0v) is 12.5. The first-order chi connectivity index (χ1) is 11.6. The number of H-pyrrole nitrogens is 1. The van der Waals surface area contributed by atoms with E-state index in [-0.39, 0.29) is 17.2 Å². The van der Waals surface area contributed by atoms with Crippen molar-refractivity contribution in [2.75, 3.05) is 5.32 Å². The summed E-state index contributed by atoms with van der Waals surface area (Å²) in [5.41, 5.74) is 1.49. The maximum absolute atomic E-state index is 12.1. The molecule has 0 fully saturated rings. The van der Waals surface area contributed by atoms with Crippen LogP contribution in [0.4, 0.5) is 17.3 Å². The van der Waals surface area contributed by atoms with Gasteiger partial charge in [0.05, 0.1) is 4.92 Å². The molecule has 0 amide bonds. The minimum absolute atomic E-state index is 0.0154. The molecule has 2 aromatic carbocycles. The third-order valence-corrected chi connectivity index (χ3v) is 3.32. The molecule has 0 radical (unpaired) electrons. The van der Waals surface area contributed by atoms with Gasteiger partial charge in [-0.2, -0.15) is 0 Å². The Labute approximate surface area is 136 Å². The van der Waals surface area contributed by atoms with E-state index in [2.05, 4.69) is 20.5 Å². The number of nitrogens with one attached hydrogen (secondary N) is 2. The van der Waals surface area contributed by atoms with Crippen LogP contribution in [0, 0.1) is 10.1 Å². The molecule has 0 saturated heterocycles. The first kappa shape index (κ1) is 15.3. The number of aromatic amines is 1. The van der Waals surface area contributed by atoms with Crippen LogP contribution in [0.25, 0.3) is 0 Å². The van der Waals surface area contributed by atoms with Gasteiger partial charge in [-0.1, -0.05) is 30.3 Å². The van der Waals surface area contributed by atoms with Gasteiger partial charge >= 0.3 is 0 Å². The molecule has 1 heterocycles. The normalized spacial score (nSPS) is 10.3. The molecule has 2 N–H and O–H groups in total. The highest BCUT2D eigenvalue weighted by Gasteiger charge is 2.08. The number of nitro benzene ring substituents is 1. The van der Waals surface area contributed by atoms with Gasteiger partial charge in [-0.3, -0.25) is 19.9 Å². The van der Waals surface area contributed by atoms with Gasteiger partial charge < -0.3 is 5.32 Å². The van der Waals surface area contributed by atoms with E-state index in [1.54, 1.807) is 0 Å².